The molecule has 6 heteroatoms. The van der Waals surface area contributed by atoms with E-state index < -0.39 is 4.92 Å². The Hall–Kier alpha value is -2.76. The molecule has 0 atom stereocenters. The zero-order valence-corrected chi connectivity index (χ0v) is 16.1. The topological polar surface area (TPSA) is 88.1 Å². The molecule has 2 aromatic carbocycles. The van der Waals surface area contributed by atoms with E-state index in [1.165, 1.54) is 12.1 Å². The van der Waals surface area contributed by atoms with E-state index in [4.69, 9.17) is 0 Å². The smallest absolute Gasteiger partial charge is 0.269 e. The summed E-state index contributed by atoms with van der Waals surface area (Å²) in [7, 11) is 0. The van der Waals surface area contributed by atoms with Gasteiger partial charge in [-0.15, -0.1) is 0 Å². The molecule has 0 radical (unpaired) electrons. The normalized spacial score (nSPS) is 12.5. The zero-order chi connectivity index (χ0) is 19.7. The van der Waals surface area contributed by atoms with Crippen molar-refractivity contribution in [2.24, 2.45) is 10.2 Å². The molecule has 2 aromatic rings. The van der Waals surface area contributed by atoms with Gasteiger partial charge in [-0.2, -0.15) is 10.2 Å². The lowest BCUT2D eigenvalue weighted by atomic mass is 9.79. The second-order valence-electron chi connectivity index (χ2n) is 8.36. The molecular formula is C20H25N3O3. The molecule has 2 rings (SSSR count). The molecule has 0 aliphatic heterocycles. The first-order valence-corrected chi connectivity index (χ1v) is 8.44. The second-order valence-corrected chi connectivity index (χ2v) is 8.36. The second kappa shape index (κ2) is 6.86. The zero-order valence-electron chi connectivity index (χ0n) is 16.1. The Morgan fingerprint density at radius 3 is 1.65 bits per heavy atom. The highest BCUT2D eigenvalue weighted by molar-refractivity contribution is 5.56. The van der Waals surface area contributed by atoms with E-state index in [-0.39, 0.29) is 16.5 Å². The fourth-order valence-electron chi connectivity index (χ4n) is 2.58. The van der Waals surface area contributed by atoms with Gasteiger partial charge in [0.2, 0.25) is 0 Å². The number of benzene rings is 2. The number of nitro benzene ring substituents is 1. The van der Waals surface area contributed by atoms with Gasteiger partial charge in [0.05, 0.1) is 16.3 Å². The Labute approximate surface area is 153 Å². The Morgan fingerprint density at radius 2 is 1.27 bits per heavy atom. The van der Waals surface area contributed by atoms with E-state index in [9.17, 15) is 15.2 Å². The third-order valence-corrected chi connectivity index (χ3v) is 4.05. The minimum Gasteiger partial charge on any atom is -0.507 e. The first-order valence-electron chi connectivity index (χ1n) is 8.44. The molecule has 0 fully saturated rings. The molecule has 0 spiro atoms. The number of hydrogen-bond donors (Lipinski definition) is 1. The summed E-state index contributed by atoms with van der Waals surface area (Å²) in [6.45, 7) is 12.2. The van der Waals surface area contributed by atoms with Crippen LogP contribution in [0, 0.1) is 10.1 Å². The first kappa shape index (κ1) is 19.6. The van der Waals surface area contributed by atoms with Crippen LogP contribution < -0.4 is 0 Å². The monoisotopic (exact) mass is 355 g/mol. The number of hydrogen-bond acceptors (Lipinski definition) is 5. The van der Waals surface area contributed by atoms with Gasteiger partial charge in [-0.3, -0.25) is 10.1 Å². The maximum absolute atomic E-state index is 10.7. The fraction of sp³-hybridized carbons (Fsp3) is 0.400. The molecule has 6 nitrogen and oxygen atoms in total. The van der Waals surface area contributed by atoms with Crippen molar-refractivity contribution in [1.82, 2.24) is 0 Å². The lowest BCUT2D eigenvalue weighted by Crippen LogP contribution is -2.16. The van der Waals surface area contributed by atoms with Crippen molar-refractivity contribution in [3.05, 3.63) is 57.6 Å². The summed E-state index contributed by atoms with van der Waals surface area (Å²) in [5.41, 5.74) is 2.30. The standard InChI is InChI=1S/C20H25N3O3/c1-19(2,3)16-11-14(12-17(18(16)24)20(4,5)6)22-21-13-7-9-15(10-8-13)23(25)26/h7-12,24H,1-6H3. The molecule has 0 saturated heterocycles. The number of azo groups is 1. The van der Waals surface area contributed by atoms with E-state index in [1.54, 1.807) is 12.1 Å². The van der Waals surface area contributed by atoms with Crippen LogP contribution >= 0.6 is 0 Å². The molecule has 1 N–H and O–H groups in total. The quantitative estimate of drug-likeness (QED) is 0.397. The van der Waals surface area contributed by atoms with Gasteiger partial charge in [0.25, 0.3) is 5.69 Å². The number of nitro groups is 1. The Balaban J connectivity index is 2.47. The molecule has 0 unspecified atom stereocenters. The van der Waals surface area contributed by atoms with Gasteiger partial charge >= 0.3 is 0 Å². The largest absolute Gasteiger partial charge is 0.507 e. The maximum atomic E-state index is 10.7. The highest BCUT2D eigenvalue weighted by Crippen LogP contribution is 2.41. The summed E-state index contributed by atoms with van der Waals surface area (Å²) in [5.74, 6) is 0.291. The van der Waals surface area contributed by atoms with Gasteiger partial charge in [-0.25, -0.2) is 0 Å². The van der Waals surface area contributed by atoms with E-state index in [0.717, 1.165) is 11.1 Å². The van der Waals surface area contributed by atoms with Crippen LogP contribution in [0.25, 0.3) is 0 Å². The van der Waals surface area contributed by atoms with Crippen molar-refractivity contribution in [3.63, 3.8) is 0 Å². The van der Waals surface area contributed by atoms with Crippen molar-refractivity contribution in [2.75, 3.05) is 0 Å². The summed E-state index contributed by atoms with van der Waals surface area (Å²) >= 11 is 0. The SMILES string of the molecule is CC(C)(C)c1cc(N=Nc2ccc([N+](=O)[O-])cc2)cc(C(C)(C)C)c1O. The average Bonchev–Trinajstić information content (AvgIpc) is 2.52. The van der Waals surface area contributed by atoms with Crippen molar-refractivity contribution in [2.45, 2.75) is 52.4 Å². The minimum absolute atomic E-state index is 0.0126. The lowest BCUT2D eigenvalue weighted by Gasteiger charge is -2.27. The Kier molecular flexibility index (Phi) is 5.16. The molecule has 26 heavy (non-hydrogen) atoms. The predicted molar refractivity (Wildman–Crippen MR) is 103 cm³/mol. The summed E-state index contributed by atoms with van der Waals surface area (Å²) < 4.78 is 0. The number of non-ortho nitro benzene ring substituents is 1. The van der Waals surface area contributed by atoms with Gasteiger partial charge in [-0.05, 0) is 35.1 Å². The minimum atomic E-state index is -0.452. The van der Waals surface area contributed by atoms with E-state index in [0.29, 0.717) is 17.1 Å². The van der Waals surface area contributed by atoms with Crippen molar-refractivity contribution in [3.8, 4) is 5.75 Å². The van der Waals surface area contributed by atoms with Crippen molar-refractivity contribution in [1.29, 1.82) is 0 Å². The molecule has 0 saturated carbocycles. The van der Waals surface area contributed by atoms with Crippen molar-refractivity contribution < 1.29 is 10.0 Å². The van der Waals surface area contributed by atoms with Gasteiger partial charge in [0.15, 0.2) is 0 Å². The molecular weight excluding hydrogens is 330 g/mol. The van der Waals surface area contributed by atoms with Crippen LogP contribution in [0.3, 0.4) is 0 Å². The molecule has 0 aliphatic carbocycles. The van der Waals surface area contributed by atoms with E-state index in [2.05, 4.69) is 10.2 Å². The van der Waals surface area contributed by atoms with Crippen LogP contribution in [0.2, 0.25) is 0 Å². The van der Waals surface area contributed by atoms with Crippen LogP contribution in [0.4, 0.5) is 17.1 Å². The van der Waals surface area contributed by atoms with Gasteiger partial charge in [0, 0.05) is 23.3 Å². The van der Waals surface area contributed by atoms with E-state index in [1.807, 2.05) is 53.7 Å². The summed E-state index contributed by atoms with van der Waals surface area (Å²) in [6.07, 6.45) is 0. The van der Waals surface area contributed by atoms with Crippen LogP contribution in [-0.2, 0) is 10.8 Å². The molecule has 138 valence electrons. The summed E-state index contributed by atoms with van der Waals surface area (Å²) in [6, 6.07) is 9.56. The first-order chi connectivity index (χ1) is 11.9. The predicted octanol–water partition coefficient (Wildman–Crippen LogP) is 6.31. The number of nitrogens with zero attached hydrogens (tertiary/aromatic N) is 3. The number of aromatic hydroxyl groups is 1. The maximum Gasteiger partial charge on any atom is 0.269 e. The summed E-state index contributed by atoms with van der Waals surface area (Å²) in [4.78, 5) is 10.3. The van der Waals surface area contributed by atoms with Crippen LogP contribution in [0.1, 0.15) is 52.7 Å². The van der Waals surface area contributed by atoms with Crippen LogP contribution in [0.15, 0.2) is 46.6 Å². The van der Waals surface area contributed by atoms with Gasteiger partial charge in [-0.1, -0.05) is 41.5 Å². The average molecular weight is 355 g/mol. The molecule has 0 amide bonds. The van der Waals surface area contributed by atoms with Gasteiger partial charge in [0.1, 0.15) is 5.75 Å². The number of rotatable bonds is 3. The van der Waals surface area contributed by atoms with Crippen molar-refractivity contribution >= 4 is 17.1 Å². The number of phenols is 1. The van der Waals surface area contributed by atoms with Crippen LogP contribution in [0.5, 0.6) is 5.75 Å². The van der Waals surface area contributed by atoms with Crippen LogP contribution in [-0.4, -0.2) is 10.0 Å². The Morgan fingerprint density at radius 1 is 0.846 bits per heavy atom. The highest BCUT2D eigenvalue weighted by atomic mass is 16.6. The lowest BCUT2D eigenvalue weighted by molar-refractivity contribution is -0.384. The Bertz CT molecular complexity index is 807. The molecule has 0 heterocycles. The fourth-order valence-corrected chi connectivity index (χ4v) is 2.58. The van der Waals surface area contributed by atoms with Gasteiger partial charge < -0.3 is 5.11 Å². The number of phenolic OH excluding ortho intramolecular Hbond substituents is 1. The molecule has 0 aromatic heterocycles. The molecule has 0 aliphatic rings. The molecule has 0 bridgehead atoms. The third kappa shape index (κ3) is 4.45. The third-order valence-electron chi connectivity index (χ3n) is 4.05. The highest BCUT2D eigenvalue weighted by Gasteiger charge is 2.26. The van der Waals surface area contributed by atoms with E-state index >= 15 is 0 Å². The summed E-state index contributed by atoms with van der Waals surface area (Å²) in [5, 5.41) is 29.9.